The van der Waals surface area contributed by atoms with Crippen LogP contribution in [0.3, 0.4) is 0 Å². The second-order valence-corrected chi connectivity index (χ2v) is 3.28. The molecule has 0 aromatic rings. The summed E-state index contributed by atoms with van der Waals surface area (Å²) in [6.45, 7) is 0. The van der Waals surface area contributed by atoms with Crippen molar-refractivity contribution in [2.24, 2.45) is 0 Å². The first-order chi connectivity index (χ1) is 8.71. The summed E-state index contributed by atoms with van der Waals surface area (Å²) in [6, 6.07) is 0. The molecule has 0 heterocycles. The molecule has 118 valence electrons. The molecule has 0 bridgehead atoms. The van der Waals surface area contributed by atoms with Gasteiger partial charge < -0.3 is 9.47 Å². The second kappa shape index (κ2) is 5.05. The lowest BCUT2D eigenvalue weighted by Gasteiger charge is -2.33. The molecule has 0 fully saturated rings. The first-order valence-corrected chi connectivity index (χ1v) is 4.39. The van der Waals surface area contributed by atoms with Gasteiger partial charge in [0.2, 0.25) is 0 Å². The average molecular weight is 318 g/mol. The van der Waals surface area contributed by atoms with Gasteiger partial charge in [0.1, 0.15) is 0 Å². The molecule has 0 aliphatic carbocycles. The lowest BCUT2D eigenvalue weighted by Crippen LogP contribution is -2.66. The lowest BCUT2D eigenvalue weighted by molar-refractivity contribution is -0.354. The minimum atomic E-state index is -6.91. The van der Waals surface area contributed by atoms with E-state index < -0.39 is 35.6 Å². The predicted molar refractivity (Wildman–Crippen MR) is 43.8 cm³/mol. The third kappa shape index (κ3) is 2.26. The van der Waals surface area contributed by atoms with Crippen LogP contribution in [0.15, 0.2) is 0 Å². The van der Waals surface area contributed by atoms with E-state index in [2.05, 4.69) is 9.47 Å². The number of esters is 2. The number of alkyl halides is 8. The summed E-state index contributed by atoms with van der Waals surface area (Å²) in [5, 5.41) is 0. The fourth-order valence-corrected chi connectivity index (χ4v) is 0.907. The first-order valence-electron chi connectivity index (χ1n) is 4.39. The Labute approximate surface area is 105 Å². The van der Waals surface area contributed by atoms with Gasteiger partial charge in [-0.15, -0.1) is 0 Å². The molecule has 0 aromatic heterocycles. The van der Waals surface area contributed by atoms with Gasteiger partial charge in [0, 0.05) is 0 Å². The summed E-state index contributed by atoms with van der Waals surface area (Å²) in [5.41, 5.74) is 0. The molecule has 0 rings (SSSR count). The number of rotatable bonds is 5. The van der Waals surface area contributed by atoms with Crippen LogP contribution in [0.2, 0.25) is 0 Å². The van der Waals surface area contributed by atoms with E-state index in [4.69, 9.17) is 0 Å². The van der Waals surface area contributed by atoms with E-state index in [1.165, 1.54) is 0 Å². The molecule has 0 unspecified atom stereocenters. The zero-order valence-corrected chi connectivity index (χ0v) is 9.66. The highest BCUT2D eigenvalue weighted by molar-refractivity contribution is 5.82. The van der Waals surface area contributed by atoms with Crippen molar-refractivity contribution in [3.05, 3.63) is 0 Å². The van der Waals surface area contributed by atoms with Gasteiger partial charge in [-0.25, -0.2) is 9.59 Å². The van der Waals surface area contributed by atoms with Crippen LogP contribution < -0.4 is 0 Å². The van der Waals surface area contributed by atoms with E-state index in [0.29, 0.717) is 0 Å². The van der Waals surface area contributed by atoms with Gasteiger partial charge in [-0.2, -0.15) is 35.1 Å². The van der Waals surface area contributed by atoms with E-state index >= 15 is 0 Å². The normalized spacial score (nSPS) is 13.9. The van der Waals surface area contributed by atoms with E-state index in [9.17, 15) is 44.7 Å². The van der Waals surface area contributed by atoms with Crippen molar-refractivity contribution in [1.29, 1.82) is 0 Å². The molecule has 0 aliphatic heterocycles. The molecule has 0 spiro atoms. The van der Waals surface area contributed by atoms with Crippen LogP contribution in [0.1, 0.15) is 0 Å². The van der Waals surface area contributed by atoms with Crippen LogP contribution in [0.25, 0.3) is 0 Å². The number of carbonyl (C=O) groups is 2. The third-order valence-corrected chi connectivity index (χ3v) is 2.07. The molecule has 0 saturated heterocycles. The maximum atomic E-state index is 12.9. The predicted octanol–water partition coefficient (Wildman–Crippen LogP) is 1.87. The molecule has 12 heteroatoms. The fourth-order valence-electron chi connectivity index (χ4n) is 0.907. The van der Waals surface area contributed by atoms with E-state index in [0.717, 1.165) is 0 Å². The van der Waals surface area contributed by atoms with Gasteiger partial charge in [-0.05, 0) is 0 Å². The van der Waals surface area contributed by atoms with Crippen LogP contribution in [0.4, 0.5) is 35.1 Å². The molecule has 0 aromatic carbocycles. The maximum Gasteiger partial charge on any atom is 0.410 e. The summed E-state index contributed by atoms with van der Waals surface area (Å²) < 4.78 is 109. The maximum absolute atomic E-state index is 12.9. The molecular formula is C8H6F8O4. The highest BCUT2D eigenvalue weighted by atomic mass is 19.4. The van der Waals surface area contributed by atoms with Crippen molar-refractivity contribution < 1.29 is 54.2 Å². The van der Waals surface area contributed by atoms with Crippen molar-refractivity contribution in [2.45, 2.75) is 23.7 Å². The minimum absolute atomic E-state index is 0.142. The summed E-state index contributed by atoms with van der Waals surface area (Å²) in [5.74, 6) is -32.8. The highest BCUT2D eigenvalue weighted by Crippen LogP contribution is 2.53. The van der Waals surface area contributed by atoms with Gasteiger partial charge in [-0.1, -0.05) is 0 Å². The molecule has 0 amide bonds. The molecule has 0 N–H and O–H groups in total. The summed E-state index contributed by atoms with van der Waals surface area (Å²) in [7, 11) is 0.284. The van der Waals surface area contributed by atoms with Crippen molar-refractivity contribution in [3.8, 4) is 0 Å². The largest absolute Gasteiger partial charge is 0.464 e. The van der Waals surface area contributed by atoms with E-state index in [1.54, 1.807) is 0 Å². The fraction of sp³-hybridized carbons (Fsp3) is 0.750. The number of hydrogen-bond donors (Lipinski definition) is 0. The first kappa shape index (κ1) is 18.4. The van der Waals surface area contributed by atoms with Gasteiger partial charge in [-0.3, -0.25) is 0 Å². The Balaban J connectivity index is 5.92. The quantitative estimate of drug-likeness (QED) is 0.574. The molecule has 20 heavy (non-hydrogen) atoms. The van der Waals surface area contributed by atoms with Gasteiger partial charge in [0.25, 0.3) is 0 Å². The van der Waals surface area contributed by atoms with Crippen LogP contribution in [-0.2, 0) is 19.1 Å². The van der Waals surface area contributed by atoms with Crippen LogP contribution in [0.5, 0.6) is 0 Å². The Morgan fingerprint density at radius 2 is 0.850 bits per heavy atom. The Morgan fingerprint density at radius 3 is 1.00 bits per heavy atom. The standard InChI is InChI=1S/C8H6F8O4/c1-19-3(17)5(9,10)7(13,14)8(15,16)6(11,12)4(18)20-2/h1-2H3. The Kier molecular flexibility index (Phi) is 4.64. The summed E-state index contributed by atoms with van der Waals surface area (Å²) >= 11 is 0. The topological polar surface area (TPSA) is 52.6 Å². The SMILES string of the molecule is COC(=O)C(F)(F)C(F)(F)C(F)(F)C(F)(F)C(=O)OC. The molecule has 0 atom stereocenters. The average Bonchev–Trinajstić information content (AvgIpc) is 2.35. The third-order valence-electron chi connectivity index (χ3n) is 2.07. The van der Waals surface area contributed by atoms with Crippen molar-refractivity contribution in [2.75, 3.05) is 14.2 Å². The number of hydrogen-bond acceptors (Lipinski definition) is 4. The zero-order valence-electron chi connectivity index (χ0n) is 9.66. The molecule has 4 nitrogen and oxygen atoms in total. The number of carbonyl (C=O) groups excluding carboxylic acids is 2. The smallest absolute Gasteiger partial charge is 0.410 e. The molecule has 0 radical (unpaired) electrons. The van der Waals surface area contributed by atoms with Crippen LogP contribution in [-0.4, -0.2) is 49.8 Å². The summed E-state index contributed by atoms with van der Waals surface area (Å²) in [4.78, 5) is 20.7. The Morgan fingerprint density at radius 1 is 0.650 bits per heavy atom. The lowest BCUT2D eigenvalue weighted by atomic mass is 9.98. The highest BCUT2D eigenvalue weighted by Gasteiger charge is 2.85. The minimum Gasteiger partial charge on any atom is -0.464 e. The van der Waals surface area contributed by atoms with E-state index in [-0.39, 0.29) is 14.2 Å². The molecule has 0 aliphatic rings. The number of ether oxygens (including phenoxy) is 2. The van der Waals surface area contributed by atoms with Crippen molar-refractivity contribution in [1.82, 2.24) is 0 Å². The van der Waals surface area contributed by atoms with E-state index in [1.807, 2.05) is 0 Å². The van der Waals surface area contributed by atoms with Crippen molar-refractivity contribution in [3.63, 3.8) is 0 Å². The van der Waals surface area contributed by atoms with Crippen LogP contribution in [0, 0.1) is 0 Å². The Bertz CT molecular complexity index is 367. The number of methoxy groups -OCH3 is 2. The number of halogens is 8. The summed E-state index contributed by atoms with van der Waals surface area (Å²) in [6.07, 6.45) is 0. The monoisotopic (exact) mass is 318 g/mol. The van der Waals surface area contributed by atoms with Gasteiger partial charge in [0.15, 0.2) is 0 Å². The molecular weight excluding hydrogens is 312 g/mol. The second-order valence-electron chi connectivity index (χ2n) is 3.28. The Hall–Kier alpha value is -1.62. The van der Waals surface area contributed by atoms with Crippen LogP contribution >= 0.6 is 0 Å². The van der Waals surface area contributed by atoms with Gasteiger partial charge in [0.05, 0.1) is 14.2 Å². The molecule has 0 saturated carbocycles. The zero-order chi connectivity index (χ0) is 16.6. The van der Waals surface area contributed by atoms with Crippen molar-refractivity contribution >= 4 is 11.9 Å². The van der Waals surface area contributed by atoms with Gasteiger partial charge >= 0.3 is 35.6 Å².